The van der Waals surface area contributed by atoms with E-state index in [0.717, 1.165) is 30.0 Å². The van der Waals surface area contributed by atoms with Crippen molar-refractivity contribution in [1.82, 2.24) is 9.78 Å². The van der Waals surface area contributed by atoms with Gasteiger partial charge in [0.15, 0.2) is 0 Å². The number of rotatable bonds is 6. The highest BCUT2D eigenvalue weighted by atomic mass is 16.5. The van der Waals surface area contributed by atoms with Crippen molar-refractivity contribution in [2.24, 2.45) is 7.05 Å². The molecule has 0 amide bonds. The summed E-state index contributed by atoms with van der Waals surface area (Å²) in [6.07, 6.45) is 1.98. The van der Waals surface area contributed by atoms with Gasteiger partial charge in [-0.2, -0.15) is 5.10 Å². The third kappa shape index (κ3) is 2.91. The third-order valence-electron chi connectivity index (χ3n) is 3.02. The Bertz CT molecular complexity index is 362. The molecule has 2 N–H and O–H groups in total. The number of aryl methyl sites for hydroxylation is 2. The number of anilines is 2. The Labute approximate surface area is 104 Å². The molecular weight excluding hydrogens is 216 g/mol. The van der Waals surface area contributed by atoms with Crippen molar-refractivity contribution in [2.75, 3.05) is 31.4 Å². The molecule has 98 valence electrons. The van der Waals surface area contributed by atoms with Gasteiger partial charge in [0.25, 0.3) is 0 Å². The molecule has 0 aliphatic rings. The fraction of sp³-hybridized carbons (Fsp3) is 0.750. The lowest BCUT2D eigenvalue weighted by molar-refractivity contribution is 0.183. The van der Waals surface area contributed by atoms with Gasteiger partial charge in [-0.15, -0.1) is 0 Å². The number of ether oxygens (including phenoxy) is 1. The van der Waals surface area contributed by atoms with Crippen LogP contribution >= 0.6 is 0 Å². The van der Waals surface area contributed by atoms with Crippen LogP contribution in [0.4, 0.5) is 11.5 Å². The van der Waals surface area contributed by atoms with Crippen LogP contribution in [0.1, 0.15) is 26.0 Å². The molecule has 1 rings (SSSR count). The van der Waals surface area contributed by atoms with Gasteiger partial charge in [0.1, 0.15) is 5.82 Å². The standard InChI is InChI=1S/C12H24N4O/c1-6-7-10-11(13)12(16(4)14-10)15(3)9(2)8-17-5/h9H,6-8,13H2,1-5H3. The highest BCUT2D eigenvalue weighted by Gasteiger charge is 2.19. The maximum atomic E-state index is 6.16. The molecule has 0 saturated heterocycles. The summed E-state index contributed by atoms with van der Waals surface area (Å²) < 4.78 is 7.02. The van der Waals surface area contributed by atoms with E-state index in [2.05, 4.69) is 23.8 Å². The number of hydrogen-bond donors (Lipinski definition) is 1. The van der Waals surface area contributed by atoms with E-state index in [4.69, 9.17) is 10.5 Å². The smallest absolute Gasteiger partial charge is 0.150 e. The van der Waals surface area contributed by atoms with E-state index in [9.17, 15) is 0 Å². The van der Waals surface area contributed by atoms with Crippen molar-refractivity contribution in [2.45, 2.75) is 32.7 Å². The molecule has 5 heteroatoms. The molecule has 17 heavy (non-hydrogen) atoms. The SMILES string of the molecule is CCCc1nn(C)c(N(C)C(C)COC)c1N. The molecule has 1 aromatic heterocycles. The van der Waals surface area contributed by atoms with Crippen LogP contribution in [0.5, 0.6) is 0 Å². The summed E-state index contributed by atoms with van der Waals surface area (Å²) >= 11 is 0. The molecule has 0 fully saturated rings. The predicted molar refractivity (Wildman–Crippen MR) is 71.4 cm³/mol. The molecule has 0 aliphatic carbocycles. The van der Waals surface area contributed by atoms with Crippen LogP contribution in [0, 0.1) is 0 Å². The van der Waals surface area contributed by atoms with Gasteiger partial charge in [-0.3, -0.25) is 4.68 Å². The lowest BCUT2D eigenvalue weighted by Crippen LogP contribution is -2.34. The largest absolute Gasteiger partial charge is 0.394 e. The normalized spacial score (nSPS) is 12.8. The van der Waals surface area contributed by atoms with Crippen molar-refractivity contribution in [3.05, 3.63) is 5.69 Å². The Morgan fingerprint density at radius 2 is 2.18 bits per heavy atom. The summed E-state index contributed by atoms with van der Waals surface area (Å²) in [5, 5.41) is 4.47. The van der Waals surface area contributed by atoms with Crippen molar-refractivity contribution < 1.29 is 4.74 Å². The van der Waals surface area contributed by atoms with E-state index in [-0.39, 0.29) is 6.04 Å². The maximum absolute atomic E-state index is 6.16. The number of nitrogens with two attached hydrogens (primary N) is 1. The van der Waals surface area contributed by atoms with Crippen LogP contribution in [-0.2, 0) is 18.2 Å². The summed E-state index contributed by atoms with van der Waals surface area (Å²) in [5.74, 6) is 0.970. The van der Waals surface area contributed by atoms with E-state index < -0.39 is 0 Å². The number of likely N-dealkylation sites (N-methyl/N-ethyl adjacent to an activating group) is 1. The van der Waals surface area contributed by atoms with Gasteiger partial charge in [0.05, 0.1) is 24.0 Å². The summed E-state index contributed by atoms with van der Waals surface area (Å²) in [4.78, 5) is 2.12. The summed E-state index contributed by atoms with van der Waals surface area (Å²) in [6, 6.07) is 0.271. The van der Waals surface area contributed by atoms with Gasteiger partial charge in [0, 0.05) is 21.2 Å². The van der Waals surface area contributed by atoms with Gasteiger partial charge in [-0.05, 0) is 13.3 Å². The molecule has 1 heterocycles. The zero-order valence-corrected chi connectivity index (χ0v) is 11.5. The average Bonchev–Trinajstić information content (AvgIpc) is 2.54. The van der Waals surface area contributed by atoms with Crippen molar-refractivity contribution >= 4 is 11.5 Å². The molecule has 0 saturated carbocycles. The Balaban J connectivity index is 2.96. The minimum Gasteiger partial charge on any atom is -0.394 e. The monoisotopic (exact) mass is 240 g/mol. The summed E-state index contributed by atoms with van der Waals surface area (Å²) in [6.45, 7) is 4.91. The zero-order chi connectivity index (χ0) is 13.0. The van der Waals surface area contributed by atoms with Crippen LogP contribution in [0.3, 0.4) is 0 Å². The third-order valence-corrected chi connectivity index (χ3v) is 3.02. The minimum absolute atomic E-state index is 0.271. The first-order valence-corrected chi connectivity index (χ1v) is 6.06. The molecule has 0 spiro atoms. The van der Waals surface area contributed by atoms with Crippen LogP contribution < -0.4 is 10.6 Å². The molecule has 5 nitrogen and oxygen atoms in total. The quantitative estimate of drug-likeness (QED) is 0.817. The fourth-order valence-electron chi connectivity index (χ4n) is 1.99. The van der Waals surface area contributed by atoms with E-state index in [1.165, 1.54) is 0 Å². The Morgan fingerprint density at radius 3 is 2.71 bits per heavy atom. The van der Waals surface area contributed by atoms with Crippen molar-refractivity contribution in [1.29, 1.82) is 0 Å². The minimum atomic E-state index is 0.271. The van der Waals surface area contributed by atoms with Gasteiger partial charge in [0.2, 0.25) is 0 Å². The number of nitrogen functional groups attached to an aromatic ring is 1. The second-order valence-electron chi connectivity index (χ2n) is 4.47. The molecular formula is C12H24N4O. The molecule has 1 unspecified atom stereocenters. The van der Waals surface area contributed by atoms with Crippen LogP contribution in [-0.4, -0.2) is 36.6 Å². The Kier molecular flexibility index (Phi) is 4.81. The second-order valence-corrected chi connectivity index (χ2v) is 4.47. The first-order chi connectivity index (χ1) is 8.02. The molecule has 0 radical (unpaired) electrons. The van der Waals surface area contributed by atoms with Gasteiger partial charge in [-0.1, -0.05) is 13.3 Å². The van der Waals surface area contributed by atoms with Gasteiger partial charge < -0.3 is 15.4 Å². The molecule has 1 atom stereocenters. The molecule has 0 bridgehead atoms. The fourth-order valence-corrected chi connectivity index (χ4v) is 1.99. The summed E-state index contributed by atoms with van der Waals surface area (Å²) in [5.41, 5.74) is 7.94. The Morgan fingerprint density at radius 1 is 1.53 bits per heavy atom. The zero-order valence-electron chi connectivity index (χ0n) is 11.5. The molecule has 1 aromatic rings. The number of methoxy groups -OCH3 is 1. The maximum Gasteiger partial charge on any atom is 0.150 e. The van der Waals surface area contributed by atoms with Crippen LogP contribution in [0.25, 0.3) is 0 Å². The average molecular weight is 240 g/mol. The highest BCUT2D eigenvalue weighted by Crippen LogP contribution is 2.27. The summed E-state index contributed by atoms with van der Waals surface area (Å²) in [7, 11) is 5.66. The Hall–Kier alpha value is -1.23. The number of nitrogens with zero attached hydrogens (tertiary/aromatic N) is 3. The van der Waals surface area contributed by atoms with Crippen molar-refractivity contribution in [3.8, 4) is 0 Å². The predicted octanol–water partition coefficient (Wildman–Crippen LogP) is 1.43. The van der Waals surface area contributed by atoms with Crippen LogP contribution in [0.15, 0.2) is 0 Å². The van der Waals surface area contributed by atoms with Crippen molar-refractivity contribution in [3.63, 3.8) is 0 Å². The second kappa shape index (κ2) is 5.91. The van der Waals surface area contributed by atoms with Gasteiger partial charge >= 0.3 is 0 Å². The van der Waals surface area contributed by atoms with E-state index in [0.29, 0.717) is 6.61 Å². The first-order valence-electron chi connectivity index (χ1n) is 6.06. The first kappa shape index (κ1) is 13.8. The molecule has 0 aromatic carbocycles. The van der Waals surface area contributed by atoms with E-state index in [1.807, 2.05) is 18.8 Å². The highest BCUT2D eigenvalue weighted by molar-refractivity contribution is 5.66. The number of aromatic nitrogens is 2. The topological polar surface area (TPSA) is 56.3 Å². The van der Waals surface area contributed by atoms with Gasteiger partial charge in [-0.25, -0.2) is 0 Å². The molecule has 0 aliphatic heterocycles. The lowest BCUT2D eigenvalue weighted by Gasteiger charge is -2.26. The van der Waals surface area contributed by atoms with E-state index >= 15 is 0 Å². The van der Waals surface area contributed by atoms with Crippen LogP contribution in [0.2, 0.25) is 0 Å². The van der Waals surface area contributed by atoms with E-state index in [1.54, 1.807) is 7.11 Å². The lowest BCUT2D eigenvalue weighted by atomic mass is 10.2. The number of hydrogen-bond acceptors (Lipinski definition) is 4.